The topological polar surface area (TPSA) is 41.6 Å². The first kappa shape index (κ1) is 19.2. The maximum atomic E-state index is 12.8. The number of nitrogens with zero attached hydrogens (tertiary/aromatic N) is 1. The highest BCUT2D eigenvalue weighted by molar-refractivity contribution is 5.70. The van der Waals surface area contributed by atoms with Crippen LogP contribution in [0.2, 0.25) is 0 Å². The Hall–Kier alpha value is -2.59. The molecule has 0 aliphatic carbocycles. The minimum atomic E-state index is -0.537. The number of hydrogen-bond donors (Lipinski definition) is 1. The van der Waals surface area contributed by atoms with Crippen molar-refractivity contribution in [1.82, 2.24) is 10.4 Å². The second-order valence-electron chi connectivity index (χ2n) is 8.01. The molecule has 2 atom stereocenters. The van der Waals surface area contributed by atoms with E-state index in [1.807, 2.05) is 57.2 Å². The third-order valence-corrected chi connectivity index (χ3v) is 4.62. The number of carbonyl (C=O) groups is 1. The maximum absolute atomic E-state index is 12.8. The Kier molecular flexibility index (Phi) is 5.66. The number of hydrogen-bond acceptors (Lipinski definition) is 3. The lowest BCUT2D eigenvalue weighted by atomic mass is 9.95. The van der Waals surface area contributed by atoms with Crippen molar-refractivity contribution in [1.29, 1.82) is 0 Å². The van der Waals surface area contributed by atoms with Gasteiger partial charge in [-0.3, -0.25) is 0 Å². The Bertz CT molecular complexity index is 781. The standard InChI is InChI=1S/C23H28N2O2/c1-17(18-11-7-5-8-12-18)15-20-16-21(19-13-9-6-10-14-19)24-25(20)22(26)27-23(2,3)4/h5-14,20-21,24H,1,15-16H2,2-4H3/t20-,21-/m0/s1. The Morgan fingerprint density at radius 1 is 1.11 bits per heavy atom. The van der Waals surface area contributed by atoms with Gasteiger partial charge in [0.15, 0.2) is 0 Å². The van der Waals surface area contributed by atoms with Crippen molar-refractivity contribution < 1.29 is 9.53 Å². The highest BCUT2D eigenvalue weighted by Crippen LogP contribution is 2.33. The van der Waals surface area contributed by atoms with Crippen molar-refractivity contribution in [3.8, 4) is 0 Å². The summed E-state index contributed by atoms with van der Waals surface area (Å²) in [5, 5.41) is 1.65. The van der Waals surface area contributed by atoms with Crippen LogP contribution in [0, 0.1) is 0 Å². The molecule has 2 aromatic rings. The van der Waals surface area contributed by atoms with E-state index in [0.717, 1.165) is 17.6 Å². The third kappa shape index (κ3) is 4.98. The van der Waals surface area contributed by atoms with Crippen LogP contribution in [0.25, 0.3) is 5.57 Å². The minimum Gasteiger partial charge on any atom is -0.443 e. The van der Waals surface area contributed by atoms with Crippen molar-refractivity contribution in [2.75, 3.05) is 0 Å². The van der Waals surface area contributed by atoms with Crippen LogP contribution in [-0.2, 0) is 4.74 Å². The Morgan fingerprint density at radius 3 is 2.30 bits per heavy atom. The van der Waals surface area contributed by atoms with E-state index < -0.39 is 5.60 Å². The van der Waals surface area contributed by atoms with E-state index in [0.29, 0.717) is 6.42 Å². The molecule has 0 spiro atoms. The van der Waals surface area contributed by atoms with Crippen LogP contribution in [0.5, 0.6) is 0 Å². The van der Waals surface area contributed by atoms with E-state index >= 15 is 0 Å². The van der Waals surface area contributed by atoms with Crippen molar-refractivity contribution in [2.45, 2.75) is 51.3 Å². The molecule has 27 heavy (non-hydrogen) atoms. The Balaban J connectivity index is 1.79. The molecule has 0 unspecified atom stereocenters. The largest absolute Gasteiger partial charge is 0.443 e. The molecule has 0 radical (unpaired) electrons. The number of ether oxygens (including phenoxy) is 1. The molecule has 0 bridgehead atoms. The molecule has 1 saturated heterocycles. The molecule has 1 aliphatic heterocycles. The van der Waals surface area contributed by atoms with Crippen molar-refractivity contribution in [3.63, 3.8) is 0 Å². The number of rotatable bonds is 4. The van der Waals surface area contributed by atoms with E-state index in [2.05, 4.69) is 36.3 Å². The van der Waals surface area contributed by atoms with Crippen LogP contribution >= 0.6 is 0 Å². The zero-order valence-corrected chi connectivity index (χ0v) is 16.3. The fourth-order valence-corrected chi connectivity index (χ4v) is 3.36. The van der Waals surface area contributed by atoms with Gasteiger partial charge in [-0.15, -0.1) is 0 Å². The zero-order valence-electron chi connectivity index (χ0n) is 16.3. The van der Waals surface area contributed by atoms with Gasteiger partial charge in [0, 0.05) is 0 Å². The summed E-state index contributed by atoms with van der Waals surface area (Å²) in [6.45, 7) is 9.90. The van der Waals surface area contributed by atoms with E-state index in [9.17, 15) is 4.79 Å². The predicted molar refractivity (Wildman–Crippen MR) is 109 cm³/mol. The van der Waals surface area contributed by atoms with Crippen LogP contribution in [0.4, 0.5) is 4.79 Å². The molecular formula is C23H28N2O2. The molecular weight excluding hydrogens is 336 g/mol. The molecule has 1 fully saturated rings. The summed E-state index contributed by atoms with van der Waals surface area (Å²) < 4.78 is 5.62. The lowest BCUT2D eigenvalue weighted by molar-refractivity contribution is 0.0118. The average Bonchev–Trinajstić information content (AvgIpc) is 3.06. The monoisotopic (exact) mass is 364 g/mol. The van der Waals surface area contributed by atoms with E-state index in [1.54, 1.807) is 5.01 Å². The lowest BCUT2D eigenvalue weighted by Gasteiger charge is -2.28. The van der Waals surface area contributed by atoms with E-state index in [1.165, 1.54) is 5.56 Å². The molecule has 0 saturated carbocycles. The Morgan fingerprint density at radius 2 is 1.70 bits per heavy atom. The second-order valence-corrected chi connectivity index (χ2v) is 8.01. The molecule has 1 aliphatic rings. The lowest BCUT2D eigenvalue weighted by Crippen LogP contribution is -2.45. The summed E-state index contributed by atoms with van der Waals surface area (Å²) in [7, 11) is 0. The fourth-order valence-electron chi connectivity index (χ4n) is 3.36. The van der Waals surface area contributed by atoms with Gasteiger partial charge in [-0.25, -0.2) is 15.2 Å². The van der Waals surface area contributed by atoms with Gasteiger partial charge in [0.1, 0.15) is 5.60 Å². The van der Waals surface area contributed by atoms with Crippen molar-refractivity contribution >= 4 is 11.7 Å². The third-order valence-electron chi connectivity index (χ3n) is 4.62. The molecule has 1 amide bonds. The maximum Gasteiger partial charge on any atom is 0.425 e. The summed E-state index contributed by atoms with van der Waals surface area (Å²) in [4.78, 5) is 12.8. The molecule has 4 heteroatoms. The first-order valence-corrected chi connectivity index (χ1v) is 9.40. The van der Waals surface area contributed by atoms with Gasteiger partial charge in [-0.2, -0.15) is 0 Å². The average molecular weight is 364 g/mol. The first-order valence-electron chi connectivity index (χ1n) is 9.40. The van der Waals surface area contributed by atoms with Crippen LogP contribution in [0.3, 0.4) is 0 Å². The molecule has 142 valence electrons. The predicted octanol–water partition coefficient (Wildman–Crippen LogP) is 5.35. The molecule has 1 heterocycles. The second kappa shape index (κ2) is 7.97. The first-order chi connectivity index (χ1) is 12.8. The minimum absolute atomic E-state index is 0.0160. The summed E-state index contributed by atoms with van der Waals surface area (Å²) in [5.41, 5.74) is 6.10. The SMILES string of the molecule is C=C(C[C@H]1C[C@@H](c2ccccc2)NN1C(=O)OC(C)(C)C)c1ccccc1. The van der Waals surface area contributed by atoms with Crippen LogP contribution < -0.4 is 5.43 Å². The fraction of sp³-hybridized carbons (Fsp3) is 0.348. The van der Waals surface area contributed by atoms with E-state index in [4.69, 9.17) is 4.74 Å². The highest BCUT2D eigenvalue weighted by Gasteiger charge is 2.38. The van der Waals surface area contributed by atoms with Gasteiger partial charge in [-0.1, -0.05) is 67.2 Å². The zero-order chi connectivity index (χ0) is 19.4. The number of hydrazine groups is 1. The van der Waals surface area contributed by atoms with Gasteiger partial charge in [0.25, 0.3) is 0 Å². The number of carbonyl (C=O) groups excluding carboxylic acids is 1. The summed E-state index contributed by atoms with van der Waals surface area (Å²) in [6, 6.07) is 20.4. The smallest absolute Gasteiger partial charge is 0.425 e. The highest BCUT2D eigenvalue weighted by atomic mass is 16.6. The normalized spacial score (nSPS) is 19.7. The summed E-state index contributed by atoms with van der Waals surface area (Å²) in [5.74, 6) is 0. The summed E-state index contributed by atoms with van der Waals surface area (Å²) >= 11 is 0. The number of benzene rings is 2. The molecule has 0 aromatic heterocycles. The van der Waals surface area contributed by atoms with Crippen LogP contribution in [-0.4, -0.2) is 22.7 Å². The van der Waals surface area contributed by atoms with Gasteiger partial charge in [-0.05, 0) is 50.3 Å². The van der Waals surface area contributed by atoms with Gasteiger partial charge in [0.2, 0.25) is 0 Å². The molecule has 4 nitrogen and oxygen atoms in total. The van der Waals surface area contributed by atoms with Crippen molar-refractivity contribution in [3.05, 3.63) is 78.4 Å². The quantitative estimate of drug-likeness (QED) is 0.795. The van der Waals surface area contributed by atoms with Gasteiger partial charge < -0.3 is 4.74 Å². The van der Waals surface area contributed by atoms with Crippen molar-refractivity contribution in [2.24, 2.45) is 0 Å². The molecule has 2 aromatic carbocycles. The summed E-state index contributed by atoms with van der Waals surface area (Å²) in [6.07, 6.45) is 1.17. The van der Waals surface area contributed by atoms with Gasteiger partial charge >= 0.3 is 6.09 Å². The molecule has 1 N–H and O–H groups in total. The van der Waals surface area contributed by atoms with Crippen LogP contribution in [0.1, 0.15) is 50.8 Å². The van der Waals surface area contributed by atoms with E-state index in [-0.39, 0.29) is 18.2 Å². The Labute approximate surface area is 161 Å². The van der Waals surface area contributed by atoms with Crippen LogP contribution in [0.15, 0.2) is 67.2 Å². The number of amides is 1. The molecule has 3 rings (SSSR count). The number of nitrogens with one attached hydrogen (secondary N) is 1. The van der Waals surface area contributed by atoms with Gasteiger partial charge in [0.05, 0.1) is 12.1 Å².